The van der Waals surface area contributed by atoms with Gasteiger partial charge >= 0.3 is 0 Å². The molecule has 0 aromatic heterocycles. The Hall–Kier alpha value is -1.10. The van der Waals surface area contributed by atoms with Gasteiger partial charge in [0.25, 0.3) is 0 Å². The van der Waals surface area contributed by atoms with Gasteiger partial charge in [-0.3, -0.25) is 4.79 Å². The van der Waals surface area contributed by atoms with Gasteiger partial charge in [0.1, 0.15) is 6.10 Å². The van der Waals surface area contributed by atoms with Crippen molar-refractivity contribution in [3.05, 3.63) is 35.9 Å². The zero-order chi connectivity index (χ0) is 10.6. The molecule has 0 aliphatic rings. The molecule has 5 heteroatoms. The Morgan fingerprint density at radius 1 is 1.33 bits per heavy atom. The molecule has 0 aliphatic carbocycles. The number of carbonyl (C=O) groups excluding carboxylic acids is 1. The van der Waals surface area contributed by atoms with Crippen LogP contribution >= 0.6 is 12.4 Å². The van der Waals surface area contributed by atoms with Gasteiger partial charge < -0.3 is 16.6 Å². The fraction of sp³-hybridized carbons (Fsp3) is 0.300. The molecule has 84 valence electrons. The first kappa shape index (κ1) is 13.9. The number of primary amides is 1. The largest absolute Gasteiger partial charge is 0.382 e. The molecule has 0 bridgehead atoms. The highest BCUT2D eigenvalue weighted by molar-refractivity contribution is 5.85. The maximum Gasteiger partial charge on any atom is 0.247 e. The van der Waals surface area contributed by atoms with Crippen LogP contribution in [0.2, 0.25) is 0 Å². The van der Waals surface area contributed by atoms with Gasteiger partial charge in [0.2, 0.25) is 5.91 Å². The Labute approximate surface area is 94.7 Å². The van der Waals surface area contributed by atoms with Gasteiger partial charge in [-0.05, 0) is 12.0 Å². The molecule has 1 rings (SSSR count). The van der Waals surface area contributed by atoms with E-state index in [2.05, 4.69) is 0 Å². The number of hydrogen-bond donors (Lipinski definition) is 3. The minimum Gasteiger partial charge on any atom is -0.382 e. The Kier molecular flexibility index (Phi) is 5.93. The SMILES string of the molecule is Cl.NC(=O)C(O)[C@H](N)Cc1ccccc1. The zero-order valence-electron chi connectivity index (χ0n) is 8.17. The van der Waals surface area contributed by atoms with Crippen LogP contribution in [0.3, 0.4) is 0 Å². The van der Waals surface area contributed by atoms with E-state index in [1.165, 1.54) is 0 Å². The molecule has 15 heavy (non-hydrogen) atoms. The molecule has 1 unspecified atom stereocenters. The quantitative estimate of drug-likeness (QED) is 0.671. The number of rotatable bonds is 4. The lowest BCUT2D eigenvalue weighted by Crippen LogP contribution is -2.45. The van der Waals surface area contributed by atoms with Gasteiger partial charge in [-0.25, -0.2) is 0 Å². The molecule has 0 aliphatic heterocycles. The molecule has 4 nitrogen and oxygen atoms in total. The van der Waals surface area contributed by atoms with Gasteiger partial charge in [-0.15, -0.1) is 12.4 Å². The van der Waals surface area contributed by atoms with Gasteiger partial charge in [-0.1, -0.05) is 30.3 Å². The molecule has 0 saturated carbocycles. The molecule has 1 amide bonds. The van der Waals surface area contributed by atoms with E-state index in [1.54, 1.807) is 0 Å². The standard InChI is InChI=1S/C10H14N2O2.ClH/c11-8(9(13)10(12)14)6-7-4-2-1-3-5-7;/h1-5,8-9,13H,6,11H2,(H2,12,14);1H/t8-,9?;/m1./s1. The summed E-state index contributed by atoms with van der Waals surface area (Å²) in [5.74, 6) is -0.784. The topological polar surface area (TPSA) is 89.3 Å². The lowest BCUT2D eigenvalue weighted by Gasteiger charge is -2.15. The molecule has 5 N–H and O–H groups in total. The molecule has 1 aromatic carbocycles. The van der Waals surface area contributed by atoms with Crippen molar-refractivity contribution in [2.45, 2.75) is 18.6 Å². The summed E-state index contributed by atoms with van der Waals surface area (Å²) in [4.78, 5) is 10.6. The predicted molar refractivity (Wildman–Crippen MR) is 60.6 cm³/mol. The van der Waals surface area contributed by atoms with Crippen molar-refractivity contribution in [3.8, 4) is 0 Å². The van der Waals surface area contributed by atoms with Crippen molar-refractivity contribution in [1.29, 1.82) is 0 Å². The van der Waals surface area contributed by atoms with E-state index in [-0.39, 0.29) is 12.4 Å². The van der Waals surface area contributed by atoms with Crippen LogP contribution in [0.15, 0.2) is 30.3 Å². The van der Waals surface area contributed by atoms with Crippen LogP contribution in [-0.4, -0.2) is 23.2 Å². The molecule has 0 heterocycles. The van der Waals surface area contributed by atoms with Gasteiger partial charge in [0.15, 0.2) is 0 Å². The Morgan fingerprint density at radius 3 is 2.33 bits per heavy atom. The second-order valence-corrected chi connectivity index (χ2v) is 3.20. The van der Waals surface area contributed by atoms with Crippen LogP contribution < -0.4 is 11.5 Å². The third kappa shape index (κ3) is 4.29. The van der Waals surface area contributed by atoms with E-state index < -0.39 is 18.1 Å². The maximum absolute atomic E-state index is 10.6. The maximum atomic E-state index is 10.6. The minimum atomic E-state index is -1.28. The summed E-state index contributed by atoms with van der Waals surface area (Å²) in [7, 11) is 0. The minimum absolute atomic E-state index is 0. The molecule has 2 atom stereocenters. The van der Waals surface area contributed by atoms with Crippen molar-refractivity contribution < 1.29 is 9.90 Å². The first-order valence-corrected chi connectivity index (χ1v) is 4.38. The van der Waals surface area contributed by atoms with Gasteiger partial charge in [0, 0.05) is 6.04 Å². The van der Waals surface area contributed by atoms with Gasteiger partial charge in [-0.2, -0.15) is 0 Å². The lowest BCUT2D eigenvalue weighted by atomic mass is 10.0. The monoisotopic (exact) mass is 230 g/mol. The van der Waals surface area contributed by atoms with Crippen LogP contribution in [0.1, 0.15) is 5.56 Å². The number of aliphatic hydroxyl groups excluding tert-OH is 1. The van der Waals surface area contributed by atoms with Crippen LogP contribution in [0.5, 0.6) is 0 Å². The van der Waals surface area contributed by atoms with E-state index in [0.29, 0.717) is 6.42 Å². The Morgan fingerprint density at radius 2 is 1.87 bits per heavy atom. The normalized spacial score (nSPS) is 13.7. The zero-order valence-corrected chi connectivity index (χ0v) is 8.98. The highest BCUT2D eigenvalue weighted by Gasteiger charge is 2.20. The van der Waals surface area contributed by atoms with Crippen molar-refractivity contribution >= 4 is 18.3 Å². The summed E-state index contributed by atoms with van der Waals surface area (Å²) in [5, 5.41) is 9.26. The molecule has 0 fully saturated rings. The third-order valence-electron chi connectivity index (χ3n) is 2.01. The van der Waals surface area contributed by atoms with Crippen LogP contribution in [-0.2, 0) is 11.2 Å². The second-order valence-electron chi connectivity index (χ2n) is 3.20. The smallest absolute Gasteiger partial charge is 0.247 e. The van der Waals surface area contributed by atoms with Gasteiger partial charge in [0.05, 0.1) is 0 Å². The molecule has 1 aromatic rings. The van der Waals surface area contributed by atoms with Crippen LogP contribution in [0, 0.1) is 0 Å². The van der Waals surface area contributed by atoms with Crippen molar-refractivity contribution in [2.75, 3.05) is 0 Å². The van der Waals surface area contributed by atoms with Crippen LogP contribution in [0.4, 0.5) is 0 Å². The molecule has 0 spiro atoms. The summed E-state index contributed by atoms with van der Waals surface area (Å²) < 4.78 is 0. The summed E-state index contributed by atoms with van der Waals surface area (Å²) in [5.41, 5.74) is 11.5. The average molecular weight is 231 g/mol. The van der Waals surface area contributed by atoms with Crippen LogP contribution in [0.25, 0.3) is 0 Å². The number of carbonyl (C=O) groups is 1. The summed E-state index contributed by atoms with van der Waals surface area (Å²) in [6.45, 7) is 0. The number of nitrogens with two attached hydrogens (primary N) is 2. The third-order valence-corrected chi connectivity index (χ3v) is 2.01. The molecule has 0 saturated heterocycles. The van der Waals surface area contributed by atoms with Crippen molar-refractivity contribution in [1.82, 2.24) is 0 Å². The number of benzene rings is 1. The molecular weight excluding hydrogens is 216 g/mol. The van der Waals surface area contributed by atoms with E-state index in [4.69, 9.17) is 11.5 Å². The fourth-order valence-corrected chi connectivity index (χ4v) is 1.21. The molecule has 0 radical (unpaired) electrons. The van der Waals surface area contributed by atoms with Crippen molar-refractivity contribution in [2.24, 2.45) is 11.5 Å². The lowest BCUT2D eigenvalue weighted by molar-refractivity contribution is -0.126. The first-order valence-electron chi connectivity index (χ1n) is 4.38. The number of aliphatic hydroxyl groups is 1. The Balaban J connectivity index is 0.00000196. The number of hydrogen-bond acceptors (Lipinski definition) is 3. The summed E-state index contributed by atoms with van der Waals surface area (Å²) in [6, 6.07) is 8.76. The summed E-state index contributed by atoms with van der Waals surface area (Å²) >= 11 is 0. The highest BCUT2D eigenvalue weighted by Crippen LogP contribution is 2.04. The average Bonchev–Trinajstić information content (AvgIpc) is 2.18. The second kappa shape index (κ2) is 6.40. The van der Waals surface area contributed by atoms with Crippen molar-refractivity contribution in [3.63, 3.8) is 0 Å². The van der Waals surface area contributed by atoms with E-state index in [9.17, 15) is 9.90 Å². The molecular formula is C10H15ClN2O2. The van der Waals surface area contributed by atoms with E-state index in [0.717, 1.165) is 5.56 Å². The number of halogens is 1. The number of amides is 1. The predicted octanol–water partition coefficient (Wildman–Crippen LogP) is -0.176. The highest BCUT2D eigenvalue weighted by atomic mass is 35.5. The first-order chi connectivity index (χ1) is 6.61. The summed E-state index contributed by atoms with van der Waals surface area (Å²) in [6.07, 6.45) is -0.847. The van der Waals surface area contributed by atoms with E-state index >= 15 is 0 Å². The van der Waals surface area contributed by atoms with E-state index in [1.807, 2.05) is 30.3 Å². The fourth-order valence-electron chi connectivity index (χ4n) is 1.21. The Bertz CT molecular complexity index is 306.